The van der Waals surface area contributed by atoms with Gasteiger partial charge >= 0.3 is 0 Å². The molecular formula is C10H11ClOS. The van der Waals surface area contributed by atoms with Crippen LogP contribution in [0, 0.1) is 6.92 Å². The van der Waals surface area contributed by atoms with Gasteiger partial charge in [0.25, 0.3) is 0 Å². The van der Waals surface area contributed by atoms with Crippen molar-refractivity contribution >= 4 is 29.1 Å². The zero-order valence-electron chi connectivity index (χ0n) is 7.63. The summed E-state index contributed by atoms with van der Waals surface area (Å²) in [5, 5.41) is 0.546. The van der Waals surface area contributed by atoms with Gasteiger partial charge in [0, 0.05) is 5.56 Å². The van der Waals surface area contributed by atoms with Crippen molar-refractivity contribution in [3.8, 4) is 0 Å². The van der Waals surface area contributed by atoms with E-state index in [1.165, 1.54) is 11.8 Å². The van der Waals surface area contributed by atoms with Gasteiger partial charge in [0.05, 0.1) is 10.8 Å². The molecule has 1 rings (SSSR count). The lowest BCUT2D eigenvalue weighted by Gasteiger charge is -2.02. The Morgan fingerprint density at radius 1 is 1.54 bits per heavy atom. The third-order valence-electron chi connectivity index (χ3n) is 1.70. The van der Waals surface area contributed by atoms with E-state index in [-0.39, 0.29) is 5.78 Å². The number of halogens is 1. The van der Waals surface area contributed by atoms with Gasteiger partial charge in [-0.2, -0.15) is 11.8 Å². The Hall–Kier alpha value is -0.470. The molecule has 0 saturated heterocycles. The average Bonchev–Trinajstić information content (AvgIpc) is 2.09. The number of hydrogen-bond donors (Lipinski definition) is 0. The smallest absolute Gasteiger partial charge is 0.174 e. The van der Waals surface area contributed by atoms with Gasteiger partial charge in [-0.25, -0.2) is 0 Å². The summed E-state index contributed by atoms with van der Waals surface area (Å²) in [6.07, 6.45) is 1.90. The van der Waals surface area contributed by atoms with Crippen LogP contribution in [0.5, 0.6) is 0 Å². The Balaban J connectivity index is 2.99. The van der Waals surface area contributed by atoms with Crippen LogP contribution in [0.3, 0.4) is 0 Å². The maximum absolute atomic E-state index is 11.5. The molecule has 70 valence electrons. The summed E-state index contributed by atoms with van der Waals surface area (Å²) < 4.78 is 0. The monoisotopic (exact) mass is 214 g/mol. The number of aryl methyl sites for hydroxylation is 1. The molecule has 0 amide bonds. The third-order valence-corrected chi connectivity index (χ3v) is 2.58. The van der Waals surface area contributed by atoms with E-state index in [0.29, 0.717) is 16.3 Å². The number of benzene rings is 1. The van der Waals surface area contributed by atoms with Crippen molar-refractivity contribution in [3.63, 3.8) is 0 Å². The third kappa shape index (κ3) is 2.75. The van der Waals surface area contributed by atoms with Crippen molar-refractivity contribution in [1.29, 1.82) is 0 Å². The van der Waals surface area contributed by atoms with E-state index in [1.54, 1.807) is 6.07 Å². The number of hydrogen-bond acceptors (Lipinski definition) is 2. The van der Waals surface area contributed by atoms with E-state index < -0.39 is 0 Å². The van der Waals surface area contributed by atoms with Crippen molar-refractivity contribution in [2.45, 2.75) is 6.92 Å². The first-order chi connectivity index (χ1) is 6.15. The molecule has 0 atom stereocenters. The second kappa shape index (κ2) is 4.68. The molecule has 0 N–H and O–H groups in total. The summed E-state index contributed by atoms with van der Waals surface area (Å²) >= 11 is 7.41. The van der Waals surface area contributed by atoms with Crippen LogP contribution in [-0.4, -0.2) is 17.8 Å². The van der Waals surface area contributed by atoms with E-state index in [0.717, 1.165) is 5.56 Å². The highest BCUT2D eigenvalue weighted by Crippen LogP contribution is 2.18. The second-order valence-corrected chi connectivity index (χ2v) is 4.11. The minimum Gasteiger partial charge on any atom is -0.293 e. The first-order valence-corrected chi connectivity index (χ1v) is 5.70. The minimum absolute atomic E-state index is 0.0983. The number of thioether (sulfide) groups is 1. The molecule has 0 aliphatic carbocycles. The van der Waals surface area contributed by atoms with Crippen molar-refractivity contribution in [2.24, 2.45) is 0 Å². The molecule has 1 nitrogen and oxygen atoms in total. The van der Waals surface area contributed by atoms with Crippen LogP contribution in [0.4, 0.5) is 0 Å². The number of ketones is 1. The molecule has 3 heteroatoms. The molecule has 0 fully saturated rings. The zero-order chi connectivity index (χ0) is 9.84. The standard InChI is InChI=1S/C10H11ClOS/c1-7-3-4-9(11)8(5-7)10(12)6-13-2/h3-5H,6H2,1-2H3. The first-order valence-electron chi connectivity index (χ1n) is 3.93. The van der Waals surface area contributed by atoms with Crippen LogP contribution in [0.25, 0.3) is 0 Å². The van der Waals surface area contributed by atoms with Crippen LogP contribution in [0.2, 0.25) is 5.02 Å². The van der Waals surface area contributed by atoms with Crippen molar-refractivity contribution in [1.82, 2.24) is 0 Å². The quantitative estimate of drug-likeness (QED) is 0.719. The predicted molar refractivity (Wildman–Crippen MR) is 58.9 cm³/mol. The molecule has 13 heavy (non-hydrogen) atoms. The Kier molecular flexibility index (Phi) is 3.82. The summed E-state index contributed by atoms with van der Waals surface area (Å²) in [5.74, 6) is 0.588. The molecule has 1 aromatic carbocycles. The molecule has 0 aliphatic rings. The number of carbonyl (C=O) groups excluding carboxylic acids is 1. The molecule has 0 spiro atoms. The molecule has 0 unspecified atom stereocenters. The fourth-order valence-corrected chi connectivity index (χ4v) is 1.70. The Labute approximate surface area is 87.5 Å². The van der Waals surface area contributed by atoms with Gasteiger partial charge in [-0.05, 0) is 25.3 Å². The molecule has 0 bridgehead atoms. The number of carbonyl (C=O) groups is 1. The topological polar surface area (TPSA) is 17.1 Å². The maximum atomic E-state index is 11.5. The normalized spacial score (nSPS) is 10.1. The number of Topliss-reactive ketones (excluding diaryl/α,β-unsaturated/α-hetero) is 1. The minimum atomic E-state index is 0.0983. The Morgan fingerprint density at radius 2 is 2.23 bits per heavy atom. The van der Waals surface area contributed by atoms with E-state index in [1.807, 2.05) is 25.3 Å². The molecular weight excluding hydrogens is 204 g/mol. The zero-order valence-corrected chi connectivity index (χ0v) is 9.21. The van der Waals surface area contributed by atoms with Gasteiger partial charge in [-0.1, -0.05) is 23.2 Å². The van der Waals surface area contributed by atoms with Gasteiger partial charge in [0.2, 0.25) is 0 Å². The first kappa shape index (κ1) is 10.6. The molecule has 0 saturated carbocycles. The van der Waals surface area contributed by atoms with Crippen LogP contribution in [-0.2, 0) is 0 Å². The van der Waals surface area contributed by atoms with Gasteiger partial charge in [-0.15, -0.1) is 0 Å². The summed E-state index contributed by atoms with van der Waals surface area (Å²) in [6, 6.07) is 5.50. The lowest BCUT2D eigenvalue weighted by molar-refractivity contribution is 0.102. The van der Waals surface area contributed by atoms with E-state index >= 15 is 0 Å². The lowest BCUT2D eigenvalue weighted by Crippen LogP contribution is -2.03. The number of rotatable bonds is 3. The fourth-order valence-electron chi connectivity index (χ4n) is 1.06. The Morgan fingerprint density at radius 3 is 2.85 bits per heavy atom. The van der Waals surface area contributed by atoms with Gasteiger partial charge in [0.15, 0.2) is 5.78 Å². The van der Waals surface area contributed by atoms with Crippen LogP contribution in [0.1, 0.15) is 15.9 Å². The highest BCUT2D eigenvalue weighted by Gasteiger charge is 2.09. The molecule has 0 radical (unpaired) electrons. The van der Waals surface area contributed by atoms with Crippen LogP contribution in [0.15, 0.2) is 18.2 Å². The Bertz CT molecular complexity index is 323. The molecule has 0 aliphatic heterocycles. The highest BCUT2D eigenvalue weighted by atomic mass is 35.5. The van der Waals surface area contributed by atoms with Gasteiger partial charge in [0.1, 0.15) is 0 Å². The summed E-state index contributed by atoms with van der Waals surface area (Å²) in [7, 11) is 0. The average molecular weight is 215 g/mol. The molecule has 1 aromatic rings. The molecule has 0 heterocycles. The highest BCUT2D eigenvalue weighted by molar-refractivity contribution is 7.99. The molecule has 0 aromatic heterocycles. The van der Waals surface area contributed by atoms with Crippen LogP contribution < -0.4 is 0 Å². The van der Waals surface area contributed by atoms with E-state index in [2.05, 4.69) is 0 Å². The SMILES string of the molecule is CSCC(=O)c1cc(C)ccc1Cl. The summed E-state index contributed by atoms with van der Waals surface area (Å²) in [4.78, 5) is 11.5. The van der Waals surface area contributed by atoms with Crippen molar-refractivity contribution < 1.29 is 4.79 Å². The second-order valence-electron chi connectivity index (χ2n) is 2.84. The van der Waals surface area contributed by atoms with E-state index in [4.69, 9.17) is 11.6 Å². The summed E-state index contributed by atoms with van der Waals surface area (Å²) in [5.41, 5.74) is 1.70. The largest absolute Gasteiger partial charge is 0.293 e. The van der Waals surface area contributed by atoms with Gasteiger partial charge in [-0.3, -0.25) is 4.79 Å². The van der Waals surface area contributed by atoms with Crippen LogP contribution >= 0.6 is 23.4 Å². The summed E-state index contributed by atoms with van der Waals surface area (Å²) in [6.45, 7) is 1.95. The van der Waals surface area contributed by atoms with Gasteiger partial charge < -0.3 is 0 Å². The van der Waals surface area contributed by atoms with E-state index in [9.17, 15) is 4.79 Å². The fraction of sp³-hybridized carbons (Fsp3) is 0.300. The maximum Gasteiger partial charge on any atom is 0.174 e. The lowest BCUT2D eigenvalue weighted by atomic mass is 10.1. The predicted octanol–water partition coefficient (Wildman–Crippen LogP) is 3.19. The van der Waals surface area contributed by atoms with Crippen molar-refractivity contribution in [3.05, 3.63) is 34.3 Å². The van der Waals surface area contributed by atoms with Crippen molar-refractivity contribution in [2.75, 3.05) is 12.0 Å².